The number of carbonyl (C=O) groups is 1. The molecule has 0 spiro atoms. The number of ether oxygens (including phenoxy) is 1. The second-order valence-corrected chi connectivity index (χ2v) is 10.1. The molecule has 1 aliphatic heterocycles. The number of methoxy groups -OCH3 is 1. The molecule has 3 rings (SSSR count). The fraction of sp³-hybridized carbons (Fsp3) is 0.318. The van der Waals surface area contributed by atoms with Gasteiger partial charge in [-0.1, -0.05) is 18.2 Å². The Hall–Kier alpha value is -2.33. The van der Waals surface area contributed by atoms with Gasteiger partial charge >= 0.3 is 0 Å². The lowest BCUT2D eigenvalue weighted by atomic mass is 10.1. The topological polar surface area (TPSA) is 87.7 Å². The van der Waals surface area contributed by atoms with Crippen molar-refractivity contribution in [2.24, 2.45) is 0 Å². The smallest absolute Gasteiger partial charge is 0.248 e. The van der Waals surface area contributed by atoms with Gasteiger partial charge in [0.05, 0.1) is 7.11 Å². The van der Waals surface area contributed by atoms with Crippen molar-refractivity contribution < 1.29 is 17.9 Å². The number of amides is 1. The molecule has 2 aromatic carbocycles. The van der Waals surface area contributed by atoms with Gasteiger partial charge < -0.3 is 10.1 Å². The monoisotopic (exact) mass is 461 g/mol. The quantitative estimate of drug-likeness (QED) is 0.588. The van der Waals surface area contributed by atoms with Crippen molar-refractivity contribution in [3.05, 3.63) is 59.7 Å². The molecule has 0 aromatic heterocycles. The molecular formula is C22H27N3O4S2. The van der Waals surface area contributed by atoms with E-state index in [-0.39, 0.29) is 16.6 Å². The molecular weight excluding hydrogens is 434 g/mol. The number of nitrogens with one attached hydrogen (secondary N) is 2. The predicted molar refractivity (Wildman–Crippen MR) is 126 cm³/mol. The highest BCUT2D eigenvalue weighted by Crippen LogP contribution is 2.25. The molecule has 0 saturated carbocycles. The number of hydrogen-bond acceptors (Lipinski definition) is 6. The first-order chi connectivity index (χ1) is 14.9. The SMILES string of the molecule is CNS(=O)(=O)c1cc(/C=C/C(=O)Nc2cccc(CN3CCSCC3)c2)ccc1OC. The van der Waals surface area contributed by atoms with E-state index in [0.717, 1.165) is 42.4 Å². The average molecular weight is 462 g/mol. The minimum absolute atomic E-state index is 0.0175. The lowest BCUT2D eigenvalue weighted by molar-refractivity contribution is -0.111. The third-order valence-electron chi connectivity index (χ3n) is 4.88. The van der Waals surface area contributed by atoms with Crippen LogP contribution in [0.3, 0.4) is 0 Å². The average Bonchev–Trinajstić information content (AvgIpc) is 2.78. The minimum Gasteiger partial charge on any atom is -0.495 e. The highest BCUT2D eigenvalue weighted by Gasteiger charge is 2.17. The standard InChI is InChI=1S/C22H27N3O4S2/c1-23-31(27,28)21-15-17(6-8-20(21)29-2)7-9-22(26)24-19-5-3-4-18(14-19)16-25-10-12-30-13-11-25/h3-9,14-15,23H,10-13,16H2,1-2H3,(H,24,26)/b9-7+. The summed E-state index contributed by atoms with van der Waals surface area (Å²) in [7, 11) is -0.938. The molecule has 31 heavy (non-hydrogen) atoms. The van der Waals surface area contributed by atoms with Crippen LogP contribution in [0.1, 0.15) is 11.1 Å². The summed E-state index contributed by atoms with van der Waals surface area (Å²) in [5, 5.41) is 2.86. The van der Waals surface area contributed by atoms with Crippen LogP contribution in [0.4, 0.5) is 5.69 Å². The summed E-state index contributed by atoms with van der Waals surface area (Å²) in [6.07, 6.45) is 2.95. The summed E-state index contributed by atoms with van der Waals surface area (Å²) in [5.41, 5.74) is 2.46. The van der Waals surface area contributed by atoms with E-state index in [1.807, 2.05) is 30.0 Å². The van der Waals surface area contributed by atoms with E-state index in [9.17, 15) is 13.2 Å². The van der Waals surface area contributed by atoms with Gasteiger partial charge in [-0.25, -0.2) is 13.1 Å². The van der Waals surface area contributed by atoms with E-state index in [4.69, 9.17) is 4.74 Å². The predicted octanol–water partition coefficient (Wildman–Crippen LogP) is 2.80. The van der Waals surface area contributed by atoms with Gasteiger partial charge in [0.1, 0.15) is 10.6 Å². The molecule has 0 atom stereocenters. The van der Waals surface area contributed by atoms with E-state index in [1.165, 1.54) is 26.3 Å². The molecule has 0 radical (unpaired) electrons. The van der Waals surface area contributed by atoms with Crippen molar-refractivity contribution in [1.82, 2.24) is 9.62 Å². The summed E-state index contributed by atoms with van der Waals surface area (Å²) < 4.78 is 31.8. The van der Waals surface area contributed by atoms with Crippen LogP contribution < -0.4 is 14.8 Å². The second-order valence-electron chi connectivity index (χ2n) is 7.03. The summed E-state index contributed by atoms with van der Waals surface area (Å²) in [5.74, 6) is 2.26. The number of thioether (sulfide) groups is 1. The summed E-state index contributed by atoms with van der Waals surface area (Å²) in [4.78, 5) is 14.8. The van der Waals surface area contributed by atoms with Crippen LogP contribution in [0.15, 0.2) is 53.4 Å². The van der Waals surface area contributed by atoms with E-state index < -0.39 is 10.0 Å². The first kappa shape index (κ1) is 23.3. The highest BCUT2D eigenvalue weighted by molar-refractivity contribution is 7.99. The Kier molecular flexibility index (Phi) is 8.14. The Morgan fingerprint density at radius 2 is 1.97 bits per heavy atom. The summed E-state index contributed by atoms with van der Waals surface area (Å²) in [6, 6.07) is 12.6. The Labute approximate surface area is 187 Å². The van der Waals surface area contributed by atoms with Gasteiger partial charge in [0.2, 0.25) is 15.9 Å². The number of nitrogens with zero attached hydrogens (tertiary/aromatic N) is 1. The highest BCUT2D eigenvalue weighted by atomic mass is 32.2. The van der Waals surface area contributed by atoms with Gasteiger partial charge in [0.15, 0.2) is 0 Å². The zero-order valence-electron chi connectivity index (χ0n) is 17.6. The zero-order chi connectivity index (χ0) is 22.3. The Balaban J connectivity index is 1.67. The van der Waals surface area contributed by atoms with Crippen molar-refractivity contribution in [1.29, 1.82) is 0 Å². The first-order valence-electron chi connectivity index (χ1n) is 9.91. The second kappa shape index (κ2) is 10.8. The Morgan fingerprint density at radius 3 is 2.68 bits per heavy atom. The summed E-state index contributed by atoms with van der Waals surface area (Å²) in [6.45, 7) is 3.03. The van der Waals surface area contributed by atoms with Crippen molar-refractivity contribution in [2.75, 3.05) is 44.1 Å². The van der Waals surface area contributed by atoms with Crippen LogP contribution in [0.2, 0.25) is 0 Å². The third kappa shape index (κ3) is 6.57. The van der Waals surface area contributed by atoms with E-state index in [2.05, 4.69) is 21.0 Å². The minimum atomic E-state index is -3.68. The van der Waals surface area contributed by atoms with Gasteiger partial charge in [0.25, 0.3) is 0 Å². The summed E-state index contributed by atoms with van der Waals surface area (Å²) >= 11 is 1.98. The normalized spacial score (nSPS) is 15.2. The molecule has 9 heteroatoms. The lowest BCUT2D eigenvalue weighted by Crippen LogP contribution is -2.31. The number of rotatable bonds is 8. The molecule has 166 valence electrons. The molecule has 1 aliphatic rings. The van der Waals surface area contributed by atoms with Gasteiger partial charge in [-0.2, -0.15) is 11.8 Å². The van der Waals surface area contributed by atoms with Crippen LogP contribution >= 0.6 is 11.8 Å². The fourth-order valence-corrected chi connectivity index (χ4v) is 5.14. The number of hydrogen-bond donors (Lipinski definition) is 2. The molecule has 0 aliphatic carbocycles. The van der Waals surface area contributed by atoms with Gasteiger partial charge in [-0.05, 0) is 48.5 Å². The van der Waals surface area contributed by atoms with Crippen molar-refractivity contribution >= 4 is 39.5 Å². The van der Waals surface area contributed by atoms with Crippen molar-refractivity contribution in [3.8, 4) is 5.75 Å². The van der Waals surface area contributed by atoms with Crippen LogP contribution in [0, 0.1) is 0 Å². The number of benzene rings is 2. The van der Waals surface area contributed by atoms with Gasteiger partial charge in [0, 0.05) is 42.9 Å². The van der Waals surface area contributed by atoms with E-state index in [0.29, 0.717) is 5.56 Å². The first-order valence-corrected chi connectivity index (χ1v) is 12.5. The maximum Gasteiger partial charge on any atom is 0.248 e. The van der Waals surface area contributed by atoms with Crippen LogP contribution in [-0.2, 0) is 21.4 Å². The fourth-order valence-electron chi connectivity index (χ4n) is 3.24. The molecule has 1 heterocycles. The van der Waals surface area contributed by atoms with Crippen molar-refractivity contribution in [2.45, 2.75) is 11.4 Å². The molecule has 7 nitrogen and oxygen atoms in total. The van der Waals surface area contributed by atoms with Crippen LogP contribution in [-0.4, -0.2) is 58.0 Å². The maximum absolute atomic E-state index is 12.4. The molecule has 1 fully saturated rings. The third-order valence-corrected chi connectivity index (χ3v) is 7.26. The molecule has 2 N–H and O–H groups in total. The lowest BCUT2D eigenvalue weighted by Gasteiger charge is -2.26. The Bertz CT molecular complexity index is 1050. The molecule has 0 bridgehead atoms. The van der Waals surface area contributed by atoms with E-state index in [1.54, 1.807) is 18.2 Å². The molecule has 2 aromatic rings. The zero-order valence-corrected chi connectivity index (χ0v) is 19.3. The molecule has 1 amide bonds. The number of anilines is 1. The number of carbonyl (C=O) groups excluding carboxylic acids is 1. The number of sulfonamides is 1. The van der Waals surface area contributed by atoms with Crippen molar-refractivity contribution in [3.63, 3.8) is 0 Å². The molecule has 1 saturated heterocycles. The van der Waals surface area contributed by atoms with Crippen LogP contribution in [0.25, 0.3) is 6.08 Å². The Morgan fingerprint density at radius 1 is 1.19 bits per heavy atom. The van der Waals surface area contributed by atoms with Crippen LogP contribution in [0.5, 0.6) is 5.75 Å². The van der Waals surface area contributed by atoms with E-state index >= 15 is 0 Å². The van der Waals surface area contributed by atoms with Gasteiger partial charge in [-0.15, -0.1) is 0 Å². The molecule has 0 unspecified atom stereocenters. The van der Waals surface area contributed by atoms with Gasteiger partial charge in [-0.3, -0.25) is 9.69 Å². The largest absolute Gasteiger partial charge is 0.495 e. The maximum atomic E-state index is 12.4.